The average molecular weight is 354 g/mol. The van der Waals surface area contributed by atoms with Crippen LogP contribution in [-0.4, -0.2) is 67.2 Å². The summed E-state index contributed by atoms with van der Waals surface area (Å²) < 4.78 is 18.0. The predicted molar refractivity (Wildman–Crippen MR) is 81.7 cm³/mol. The zero-order chi connectivity index (χ0) is 16.8. The van der Waals surface area contributed by atoms with Crippen molar-refractivity contribution in [3.05, 3.63) is 12.2 Å². The highest BCUT2D eigenvalue weighted by Crippen LogP contribution is 2.01. The van der Waals surface area contributed by atoms with Gasteiger partial charge in [-0.3, -0.25) is 0 Å². The highest BCUT2D eigenvalue weighted by atomic mass is 32.2. The maximum Gasteiger partial charge on any atom is 0.338 e. The molecule has 0 saturated carbocycles. The first-order chi connectivity index (χ1) is 10.5. The van der Waals surface area contributed by atoms with Crippen molar-refractivity contribution < 1.29 is 38.4 Å². The molecule has 1 rings (SSSR count). The summed E-state index contributed by atoms with van der Waals surface area (Å²) in [5, 5.41) is 8.38. The van der Waals surface area contributed by atoms with Gasteiger partial charge in [0.2, 0.25) is 0 Å². The summed E-state index contributed by atoms with van der Waals surface area (Å²) in [5.41, 5.74) is 0. The third-order valence-electron chi connectivity index (χ3n) is 1.85. The topological polar surface area (TPSA) is 108 Å². The number of hydrogen-bond donors (Lipinski definition) is 3. The van der Waals surface area contributed by atoms with E-state index < -0.39 is 22.5 Å². The molecule has 1 aliphatic heterocycles. The number of thiol groups is 2. The molecule has 0 spiro atoms. The minimum absolute atomic E-state index is 0.00287. The number of ether oxygens (including phenoxy) is 4. The largest absolute Gasteiger partial charge is 0.462 e. The molecule has 8 nitrogen and oxygen atoms in total. The van der Waals surface area contributed by atoms with E-state index in [2.05, 4.69) is 30.0 Å². The third-order valence-corrected chi connectivity index (χ3v) is 2.27. The molecule has 0 aromatic rings. The minimum Gasteiger partial charge on any atom is -0.462 e. The Morgan fingerprint density at radius 2 is 1.55 bits per heavy atom. The van der Waals surface area contributed by atoms with Crippen molar-refractivity contribution in [2.75, 3.05) is 39.6 Å². The van der Waals surface area contributed by atoms with Crippen molar-refractivity contribution in [3.8, 4) is 0 Å². The van der Waals surface area contributed by atoms with E-state index in [1.54, 1.807) is 0 Å². The van der Waals surface area contributed by atoms with Crippen LogP contribution in [0.1, 0.15) is 0 Å². The number of rotatable bonds is 9. The Balaban J connectivity index is 0.000000518. The summed E-state index contributed by atoms with van der Waals surface area (Å²) in [4.78, 5) is 30.7. The van der Waals surface area contributed by atoms with Crippen LogP contribution in [0, 0.1) is 0 Å². The van der Waals surface area contributed by atoms with Crippen molar-refractivity contribution in [3.63, 3.8) is 0 Å². The normalized spacial score (nSPS) is 12.9. The number of hydrogen-bond acceptors (Lipinski definition) is 10. The van der Waals surface area contributed by atoms with Gasteiger partial charge in [0.25, 0.3) is 0 Å². The fourth-order valence-electron chi connectivity index (χ4n) is 0.966. The predicted octanol–water partition coefficient (Wildman–Crippen LogP) is -0.633. The van der Waals surface area contributed by atoms with Crippen molar-refractivity contribution in [1.82, 2.24) is 0 Å². The average Bonchev–Trinajstić information content (AvgIpc) is 2.85. The molecule has 0 aliphatic carbocycles. The second-order valence-corrected chi connectivity index (χ2v) is 5.00. The number of esters is 3. The lowest BCUT2D eigenvalue weighted by Crippen LogP contribution is -2.17. The van der Waals surface area contributed by atoms with Gasteiger partial charge in [0, 0.05) is 12.2 Å². The lowest BCUT2D eigenvalue weighted by molar-refractivity contribution is -0.150. The van der Waals surface area contributed by atoms with E-state index in [1.807, 2.05) is 0 Å². The van der Waals surface area contributed by atoms with E-state index in [0.29, 0.717) is 26.4 Å². The van der Waals surface area contributed by atoms with Gasteiger partial charge < -0.3 is 24.1 Å². The summed E-state index contributed by atoms with van der Waals surface area (Å²) in [6, 6.07) is 0. The molecule has 0 bridgehead atoms. The quantitative estimate of drug-likeness (QED) is 0.165. The SMILES string of the molecule is O=C(OCCOCCOCCO)C(S)S.O=C1C=CC(=O)O1. The first-order valence-corrected chi connectivity index (χ1v) is 7.23. The number of carbonyl (C=O) groups is 3. The molecule has 1 N–H and O–H groups in total. The maximum absolute atomic E-state index is 10.8. The van der Waals surface area contributed by atoms with Gasteiger partial charge in [0.15, 0.2) is 0 Å². The molecule has 0 atom stereocenters. The van der Waals surface area contributed by atoms with Crippen LogP contribution >= 0.6 is 25.3 Å². The Morgan fingerprint density at radius 3 is 1.95 bits per heavy atom. The molecule has 10 heteroatoms. The zero-order valence-corrected chi connectivity index (χ0v) is 13.5. The molecule has 0 amide bonds. The highest BCUT2D eigenvalue weighted by molar-refractivity contribution is 8.00. The van der Waals surface area contributed by atoms with Crippen molar-refractivity contribution in [1.29, 1.82) is 0 Å². The molecule has 126 valence electrons. The fourth-order valence-corrected chi connectivity index (χ4v) is 1.11. The molecule has 0 saturated heterocycles. The van der Waals surface area contributed by atoms with Crippen molar-refractivity contribution in [2.45, 2.75) is 4.58 Å². The Labute approximate surface area is 138 Å². The molecule has 0 aromatic heterocycles. The van der Waals surface area contributed by atoms with Crippen molar-refractivity contribution >= 4 is 43.2 Å². The highest BCUT2D eigenvalue weighted by Gasteiger charge is 2.10. The summed E-state index contributed by atoms with van der Waals surface area (Å²) in [7, 11) is 0. The Morgan fingerprint density at radius 1 is 1.05 bits per heavy atom. The second kappa shape index (κ2) is 13.6. The third kappa shape index (κ3) is 12.7. The number of carbonyl (C=O) groups excluding carboxylic acids is 3. The summed E-state index contributed by atoms with van der Waals surface area (Å²) in [6.07, 6.45) is 2.17. The van der Waals surface area contributed by atoms with Gasteiger partial charge in [0.1, 0.15) is 11.2 Å². The number of aliphatic hydroxyl groups is 1. The molecule has 22 heavy (non-hydrogen) atoms. The zero-order valence-electron chi connectivity index (χ0n) is 11.7. The van der Waals surface area contributed by atoms with Crippen LogP contribution in [0.4, 0.5) is 0 Å². The van der Waals surface area contributed by atoms with E-state index in [9.17, 15) is 14.4 Å². The standard InChI is InChI=1S/C8H16O5S2.C4H2O3/c9-1-2-11-3-4-12-5-6-13-7(10)8(14)15;5-3-1-2-4(6)7-3/h8-9,14-15H,1-6H2;1-2H. The Bertz CT molecular complexity index is 367. The number of cyclic esters (lactones) is 2. The van der Waals surface area contributed by atoms with E-state index in [1.165, 1.54) is 0 Å². The molecule has 0 radical (unpaired) electrons. The van der Waals surface area contributed by atoms with Gasteiger partial charge in [-0.1, -0.05) is 0 Å². The van der Waals surface area contributed by atoms with Crippen LogP contribution in [0.5, 0.6) is 0 Å². The van der Waals surface area contributed by atoms with E-state index >= 15 is 0 Å². The lowest BCUT2D eigenvalue weighted by Gasteiger charge is -2.07. The van der Waals surface area contributed by atoms with Gasteiger partial charge in [0.05, 0.1) is 33.0 Å². The van der Waals surface area contributed by atoms with Gasteiger partial charge in [-0.15, -0.1) is 0 Å². The van der Waals surface area contributed by atoms with Gasteiger partial charge >= 0.3 is 17.9 Å². The van der Waals surface area contributed by atoms with Gasteiger partial charge in [-0.05, 0) is 0 Å². The first kappa shape index (κ1) is 20.9. The number of aliphatic hydroxyl groups excluding tert-OH is 1. The molecule has 1 heterocycles. The monoisotopic (exact) mass is 354 g/mol. The molecule has 0 aromatic carbocycles. The summed E-state index contributed by atoms with van der Waals surface area (Å²) in [6.45, 7) is 1.61. The van der Waals surface area contributed by atoms with E-state index in [-0.39, 0.29) is 13.2 Å². The van der Waals surface area contributed by atoms with Crippen LogP contribution in [0.3, 0.4) is 0 Å². The Hall–Kier alpha value is -1.07. The molecular weight excluding hydrogens is 336 g/mol. The molecule has 1 aliphatic rings. The smallest absolute Gasteiger partial charge is 0.338 e. The Kier molecular flexibility index (Phi) is 12.9. The molecular formula is C12H18O8S2. The van der Waals surface area contributed by atoms with Crippen LogP contribution < -0.4 is 0 Å². The minimum atomic E-state index is -0.710. The van der Waals surface area contributed by atoms with Crippen LogP contribution in [-0.2, 0) is 33.3 Å². The summed E-state index contributed by atoms with van der Waals surface area (Å²) in [5.74, 6) is -1.64. The fraction of sp³-hybridized carbons (Fsp3) is 0.583. The lowest BCUT2D eigenvalue weighted by atomic mass is 10.6. The van der Waals surface area contributed by atoms with E-state index in [4.69, 9.17) is 19.3 Å². The molecule has 0 unspecified atom stereocenters. The first-order valence-electron chi connectivity index (χ1n) is 6.20. The van der Waals surface area contributed by atoms with Crippen LogP contribution in [0.15, 0.2) is 12.2 Å². The summed E-state index contributed by atoms with van der Waals surface area (Å²) >= 11 is 7.56. The molecule has 0 fully saturated rings. The van der Waals surface area contributed by atoms with Crippen molar-refractivity contribution in [2.24, 2.45) is 0 Å². The van der Waals surface area contributed by atoms with Crippen LogP contribution in [0.25, 0.3) is 0 Å². The maximum atomic E-state index is 10.8. The second-order valence-electron chi connectivity index (χ2n) is 3.56. The van der Waals surface area contributed by atoms with Gasteiger partial charge in [-0.2, -0.15) is 25.3 Å². The van der Waals surface area contributed by atoms with Crippen LogP contribution in [0.2, 0.25) is 0 Å². The van der Waals surface area contributed by atoms with E-state index in [0.717, 1.165) is 12.2 Å². The van der Waals surface area contributed by atoms with Gasteiger partial charge in [-0.25, -0.2) is 14.4 Å².